The highest BCUT2D eigenvalue weighted by molar-refractivity contribution is 5.73. The maximum absolute atomic E-state index is 13.0. The van der Waals surface area contributed by atoms with Gasteiger partial charge in [0, 0.05) is 0 Å². The minimum atomic E-state index is -1.19. The normalized spacial score (nSPS) is 14.1. The van der Waals surface area contributed by atoms with E-state index in [4.69, 9.17) is 9.84 Å². The van der Waals surface area contributed by atoms with Gasteiger partial charge in [-0.15, -0.1) is 0 Å². The van der Waals surface area contributed by atoms with E-state index in [0.717, 1.165) is 0 Å². The molecule has 0 saturated carbocycles. The highest BCUT2D eigenvalue weighted by atomic mass is 19.1. The Morgan fingerprint density at radius 2 is 1.71 bits per heavy atom. The molecule has 1 atom stereocenters. The van der Waals surface area contributed by atoms with E-state index < -0.39 is 29.0 Å². The molecule has 0 aromatic heterocycles. The predicted octanol–water partition coefficient (Wildman–Crippen LogP) is 3.04. The van der Waals surface area contributed by atoms with Gasteiger partial charge in [-0.3, -0.25) is 4.79 Å². The fourth-order valence-electron chi connectivity index (χ4n) is 1.87. The second kappa shape index (κ2) is 6.11. The lowest BCUT2D eigenvalue weighted by molar-refractivity contribution is -0.138. The molecule has 0 bridgehead atoms. The molecule has 5 nitrogen and oxygen atoms in total. The Kier molecular flexibility index (Phi) is 4.93. The van der Waals surface area contributed by atoms with Crippen molar-refractivity contribution in [2.75, 3.05) is 0 Å². The minimum Gasteiger partial charge on any atom is -0.481 e. The molecule has 0 fully saturated rings. The Balaban J connectivity index is 3.01. The van der Waals surface area contributed by atoms with Crippen molar-refractivity contribution in [2.45, 2.75) is 45.3 Å². The van der Waals surface area contributed by atoms with Crippen LogP contribution in [0, 0.1) is 5.82 Å². The van der Waals surface area contributed by atoms with Gasteiger partial charge in [0.05, 0.1) is 12.0 Å². The van der Waals surface area contributed by atoms with Crippen LogP contribution in [0.2, 0.25) is 0 Å². The van der Waals surface area contributed by atoms with Crippen LogP contribution in [-0.2, 0) is 15.1 Å². The fraction of sp³-hybridized carbons (Fsp3) is 0.467. The van der Waals surface area contributed by atoms with Crippen LogP contribution < -0.4 is 5.32 Å². The summed E-state index contributed by atoms with van der Waals surface area (Å²) >= 11 is 0. The number of carbonyl (C=O) groups excluding carboxylic acids is 1. The number of nitrogens with one attached hydrogen (secondary N) is 1. The number of ether oxygens (including phenoxy) is 1. The van der Waals surface area contributed by atoms with Gasteiger partial charge in [-0.2, -0.15) is 0 Å². The lowest BCUT2D eigenvalue weighted by Gasteiger charge is -2.31. The van der Waals surface area contributed by atoms with Gasteiger partial charge in [-0.25, -0.2) is 9.18 Å². The highest BCUT2D eigenvalue weighted by Crippen LogP contribution is 2.25. The number of carboxylic acids is 1. The van der Waals surface area contributed by atoms with Crippen molar-refractivity contribution in [2.24, 2.45) is 0 Å². The number of rotatable bonds is 4. The summed E-state index contributed by atoms with van der Waals surface area (Å²) in [6, 6.07) is 5.31. The van der Waals surface area contributed by atoms with Crippen LogP contribution in [0.25, 0.3) is 0 Å². The third-order valence-electron chi connectivity index (χ3n) is 2.76. The van der Waals surface area contributed by atoms with Crippen molar-refractivity contribution in [3.63, 3.8) is 0 Å². The summed E-state index contributed by atoms with van der Waals surface area (Å²) in [6.45, 7) is 6.68. The van der Waals surface area contributed by atoms with Gasteiger partial charge in [0.15, 0.2) is 0 Å². The quantitative estimate of drug-likeness (QED) is 0.895. The van der Waals surface area contributed by atoms with E-state index in [9.17, 15) is 14.0 Å². The fourth-order valence-corrected chi connectivity index (χ4v) is 1.87. The smallest absolute Gasteiger partial charge is 0.408 e. The molecule has 1 rings (SSSR count). The average Bonchev–Trinajstić information content (AvgIpc) is 2.25. The SMILES string of the molecule is CC(C)(C)OC(=O)NC(C)(CC(=O)O)c1ccc(F)cc1. The van der Waals surface area contributed by atoms with E-state index >= 15 is 0 Å². The first-order valence-corrected chi connectivity index (χ1v) is 6.51. The number of amides is 1. The molecule has 0 aliphatic rings. The average molecular weight is 297 g/mol. The molecule has 0 saturated heterocycles. The number of halogens is 1. The van der Waals surface area contributed by atoms with Gasteiger partial charge >= 0.3 is 12.1 Å². The second-order valence-electron chi connectivity index (χ2n) is 6.04. The number of hydrogen-bond donors (Lipinski definition) is 2. The Bertz CT molecular complexity index is 521. The molecule has 1 unspecified atom stereocenters. The van der Waals surface area contributed by atoms with Gasteiger partial charge < -0.3 is 15.2 Å². The van der Waals surface area contributed by atoms with Crippen molar-refractivity contribution in [3.8, 4) is 0 Å². The lowest BCUT2D eigenvalue weighted by Crippen LogP contribution is -2.47. The van der Waals surface area contributed by atoms with E-state index in [2.05, 4.69) is 5.32 Å². The number of carboxylic acid groups (broad SMARTS) is 1. The van der Waals surface area contributed by atoms with Crippen molar-refractivity contribution >= 4 is 12.1 Å². The van der Waals surface area contributed by atoms with Crippen LogP contribution in [-0.4, -0.2) is 22.8 Å². The molecule has 0 spiro atoms. The Labute approximate surface area is 123 Å². The molecule has 2 N–H and O–H groups in total. The Morgan fingerprint density at radius 1 is 1.19 bits per heavy atom. The van der Waals surface area contributed by atoms with E-state index in [1.807, 2.05) is 0 Å². The molecule has 1 amide bonds. The van der Waals surface area contributed by atoms with Crippen LogP contribution in [0.15, 0.2) is 24.3 Å². The minimum absolute atomic E-state index is 0.349. The summed E-state index contributed by atoms with van der Waals surface area (Å²) in [5.41, 5.74) is -1.41. The van der Waals surface area contributed by atoms with E-state index in [1.54, 1.807) is 27.7 Å². The first-order valence-electron chi connectivity index (χ1n) is 6.51. The predicted molar refractivity (Wildman–Crippen MR) is 75.4 cm³/mol. The van der Waals surface area contributed by atoms with Gasteiger partial charge in [0.2, 0.25) is 0 Å². The summed E-state index contributed by atoms with van der Waals surface area (Å²) in [5.74, 6) is -1.52. The van der Waals surface area contributed by atoms with E-state index in [0.29, 0.717) is 5.56 Å². The molecule has 21 heavy (non-hydrogen) atoms. The number of alkyl carbamates (subject to hydrolysis) is 1. The molecule has 1 aromatic carbocycles. The summed E-state index contributed by atoms with van der Waals surface area (Å²) in [6.07, 6.45) is -1.08. The van der Waals surface area contributed by atoms with Gasteiger partial charge in [-0.05, 0) is 45.4 Å². The third-order valence-corrected chi connectivity index (χ3v) is 2.76. The monoisotopic (exact) mass is 297 g/mol. The molecule has 0 aliphatic carbocycles. The van der Waals surface area contributed by atoms with Crippen molar-refractivity contribution in [3.05, 3.63) is 35.6 Å². The highest BCUT2D eigenvalue weighted by Gasteiger charge is 2.33. The van der Waals surface area contributed by atoms with Crippen LogP contribution in [0.3, 0.4) is 0 Å². The van der Waals surface area contributed by atoms with Gasteiger partial charge in [0.25, 0.3) is 0 Å². The first kappa shape index (κ1) is 16.9. The van der Waals surface area contributed by atoms with Crippen molar-refractivity contribution < 1.29 is 23.8 Å². The van der Waals surface area contributed by atoms with E-state index in [-0.39, 0.29) is 6.42 Å². The summed E-state index contributed by atoms with van der Waals surface area (Å²) in [7, 11) is 0. The zero-order valence-electron chi connectivity index (χ0n) is 12.6. The Morgan fingerprint density at radius 3 is 2.14 bits per heavy atom. The topological polar surface area (TPSA) is 75.6 Å². The van der Waals surface area contributed by atoms with Crippen LogP contribution in [0.5, 0.6) is 0 Å². The van der Waals surface area contributed by atoms with E-state index in [1.165, 1.54) is 24.3 Å². The number of aliphatic carboxylic acids is 1. The lowest BCUT2D eigenvalue weighted by atomic mass is 9.88. The maximum Gasteiger partial charge on any atom is 0.408 e. The molecular formula is C15H20FNO4. The zero-order chi connectivity index (χ0) is 16.3. The molecule has 0 heterocycles. The Hall–Kier alpha value is -2.11. The number of benzene rings is 1. The first-order chi connectivity index (χ1) is 9.52. The number of carbonyl (C=O) groups is 2. The standard InChI is InChI=1S/C15H20FNO4/c1-14(2,3)21-13(20)17-15(4,9-12(18)19)10-5-7-11(16)8-6-10/h5-8H,9H2,1-4H3,(H,17,20)(H,18,19). The van der Waals surface area contributed by atoms with Crippen molar-refractivity contribution in [1.82, 2.24) is 5.32 Å². The van der Waals surface area contributed by atoms with Crippen LogP contribution in [0.1, 0.15) is 39.7 Å². The molecule has 1 aromatic rings. The van der Waals surface area contributed by atoms with Gasteiger partial charge in [-0.1, -0.05) is 12.1 Å². The number of hydrogen-bond acceptors (Lipinski definition) is 3. The molecular weight excluding hydrogens is 277 g/mol. The maximum atomic E-state index is 13.0. The summed E-state index contributed by atoms with van der Waals surface area (Å²) in [4.78, 5) is 23.0. The van der Waals surface area contributed by atoms with Gasteiger partial charge in [0.1, 0.15) is 11.4 Å². The zero-order valence-corrected chi connectivity index (χ0v) is 12.6. The summed E-state index contributed by atoms with van der Waals surface area (Å²) < 4.78 is 18.1. The molecule has 0 radical (unpaired) electrons. The molecule has 116 valence electrons. The molecule has 6 heteroatoms. The second-order valence-corrected chi connectivity index (χ2v) is 6.04. The van der Waals surface area contributed by atoms with Crippen LogP contribution >= 0.6 is 0 Å². The largest absolute Gasteiger partial charge is 0.481 e. The van der Waals surface area contributed by atoms with Crippen LogP contribution in [0.4, 0.5) is 9.18 Å². The molecule has 0 aliphatic heterocycles. The third kappa shape index (κ3) is 5.41. The van der Waals surface area contributed by atoms with Crippen molar-refractivity contribution in [1.29, 1.82) is 0 Å². The summed E-state index contributed by atoms with van der Waals surface area (Å²) in [5, 5.41) is 11.6.